The number of halogens is 1. The molecular formula is C18H18BrN3O2. The molecule has 124 valence electrons. The molecule has 0 saturated carbocycles. The molecule has 6 heteroatoms. The fraction of sp³-hybridized carbons (Fsp3) is 0.278. The van der Waals surface area contributed by atoms with Gasteiger partial charge in [0.25, 0.3) is 0 Å². The molecule has 0 spiro atoms. The van der Waals surface area contributed by atoms with Crippen LogP contribution in [0.3, 0.4) is 0 Å². The van der Waals surface area contributed by atoms with Crippen LogP contribution in [0.25, 0.3) is 0 Å². The third-order valence-electron chi connectivity index (χ3n) is 4.19. The second-order valence-electron chi connectivity index (χ2n) is 5.84. The van der Waals surface area contributed by atoms with Crippen LogP contribution in [0.4, 0.5) is 5.69 Å². The summed E-state index contributed by atoms with van der Waals surface area (Å²) in [6.45, 7) is 2.93. The molecule has 1 aliphatic heterocycles. The van der Waals surface area contributed by atoms with E-state index in [1.165, 1.54) is 0 Å². The lowest BCUT2D eigenvalue weighted by molar-refractivity contribution is -0.132. The Bertz CT molecular complexity index is 764. The number of nitrogens with zero attached hydrogens (tertiary/aromatic N) is 2. The molecule has 2 heterocycles. The summed E-state index contributed by atoms with van der Waals surface area (Å²) in [7, 11) is 0. The van der Waals surface area contributed by atoms with Crippen molar-refractivity contribution in [2.75, 3.05) is 11.4 Å². The van der Waals surface area contributed by atoms with Crippen LogP contribution in [0.5, 0.6) is 0 Å². The number of pyridine rings is 1. The van der Waals surface area contributed by atoms with Crippen LogP contribution in [-0.2, 0) is 16.1 Å². The van der Waals surface area contributed by atoms with Crippen molar-refractivity contribution in [3.8, 4) is 0 Å². The van der Waals surface area contributed by atoms with E-state index in [-0.39, 0.29) is 11.8 Å². The maximum atomic E-state index is 12.6. The second kappa shape index (κ2) is 7.13. The number of anilines is 1. The lowest BCUT2D eigenvalue weighted by atomic mass is 10.1. The van der Waals surface area contributed by atoms with E-state index in [9.17, 15) is 9.59 Å². The number of carbonyl (C=O) groups is 2. The number of carbonyl (C=O) groups excluding carboxylic acids is 2. The van der Waals surface area contributed by atoms with Crippen molar-refractivity contribution in [2.24, 2.45) is 5.92 Å². The van der Waals surface area contributed by atoms with Crippen LogP contribution in [0.1, 0.15) is 17.5 Å². The highest BCUT2D eigenvalue weighted by Gasteiger charge is 2.37. The van der Waals surface area contributed by atoms with Crippen LogP contribution in [0.2, 0.25) is 0 Å². The number of rotatable bonds is 4. The number of nitrogens with one attached hydrogen (secondary N) is 1. The molecule has 5 nitrogen and oxygen atoms in total. The first kappa shape index (κ1) is 16.6. The zero-order valence-electron chi connectivity index (χ0n) is 13.3. The van der Waals surface area contributed by atoms with Gasteiger partial charge >= 0.3 is 0 Å². The highest BCUT2D eigenvalue weighted by atomic mass is 79.9. The summed E-state index contributed by atoms with van der Waals surface area (Å²) in [6, 6.07) is 9.48. The molecule has 0 bridgehead atoms. The van der Waals surface area contributed by atoms with Crippen LogP contribution in [0, 0.1) is 12.8 Å². The Kier molecular flexibility index (Phi) is 4.94. The predicted octanol–water partition coefficient (Wildman–Crippen LogP) is 2.82. The largest absolute Gasteiger partial charge is 0.351 e. The number of benzene rings is 1. The molecule has 1 aromatic heterocycles. The van der Waals surface area contributed by atoms with E-state index in [2.05, 4.69) is 26.2 Å². The van der Waals surface area contributed by atoms with Gasteiger partial charge in [-0.3, -0.25) is 14.6 Å². The molecule has 2 amide bonds. The van der Waals surface area contributed by atoms with Gasteiger partial charge in [0.2, 0.25) is 11.8 Å². The van der Waals surface area contributed by atoms with Gasteiger partial charge in [-0.05, 0) is 54.8 Å². The number of amides is 2. The molecule has 24 heavy (non-hydrogen) atoms. The Morgan fingerprint density at radius 1 is 1.33 bits per heavy atom. The molecule has 2 aromatic rings. The first-order valence-electron chi connectivity index (χ1n) is 7.80. The predicted molar refractivity (Wildman–Crippen MR) is 95.4 cm³/mol. The molecule has 1 N–H and O–H groups in total. The minimum atomic E-state index is -0.616. The van der Waals surface area contributed by atoms with E-state index in [1.54, 1.807) is 17.3 Å². The van der Waals surface area contributed by atoms with Gasteiger partial charge in [0, 0.05) is 35.6 Å². The summed E-state index contributed by atoms with van der Waals surface area (Å²) in [6.07, 6.45) is 3.90. The van der Waals surface area contributed by atoms with E-state index >= 15 is 0 Å². The summed E-state index contributed by atoms with van der Waals surface area (Å²) < 4.78 is 0.974. The molecule has 3 rings (SSSR count). The average molecular weight is 388 g/mol. The van der Waals surface area contributed by atoms with Crippen molar-refractivity contribution in [1.29, 1.82) is 0 Å². The topological polar surface area (TPSA) is 62.3 Å². The van der Waals surface area contributed by atoms with E-state index in [0.717, 1.165) is 21.3 Å². The lowest BCUT2D eigenvalue weighted by Crippen LogP contribution is -2.36. The van der Waals surface area contributed by atoms with E-state index in [0.29, 0.717) is 19.5 Å². The summed E-state index contributed by atoms with van der Waals surface area (Å²) >= 11 is 3.43. The summed E-state index contributed by atoms with van der Waals surface area (Å²) in [5.41, 5.74) is 2.84. The third kappa shape index (κ3) is 3.48. The van der Waals surface area contributed by atoms with Gasteiger partial charge in [0.1, 0.15) is 5.92 Å². The smallest absolute Gasteiger partial charge is 0.239 e. The highest BCUT2D eigenvalue weighted by molar-refractivity contribution is 9.10. The molecular weight excluding hydrogens is 370 g/mol. The molecule has 1 aliphatic rings. The van der Waals surface area contributed by atoms with Crippen LogP contribution >= 0.6 is 15.9 Å². The van der Waals surface area contributed by atoms with Gasteiger partial charge in [-0.1, -0.05) is 15.9 Å². The Labute approximate surface area is 149 Å². The molecule has 1 aromatic carbocycles. The van der Waals surface area contributed by atoms with Gasteiger partial charge in [-0.25, -0.2) is 0 Å². The second-order valence-corrected chi connectivity index (χ2v) is 6.75. The van der Waals surface area contributed by atoms with E-state index < -0.39 is 5.92 Å². The maximum absolute atomic E-state index is 12.6. The normalized spacial score (nSPS) is 17.2. The molecule has 1 atom stereocenters. The fourth-order valence-electron chi connectivity index (χ4n) is 2.90. The Morgan fingerprint density at radius 2 is 2.08 bits per heavy atom. The van der Waals surface area contributed by atoms with E-state index in [1.807, 2.05) is 37.3 Å². The summed E-state index contributed by atoms with van der Waals surface area (Å²) in [4.78, 5) is 30.7. The number of aromatic nitrogens is 1. The van der Waals surface area contributed by atoms with Crippen molar-refractivity contribution in [3.05, 3.63) is 58.3 Å². The first-order chi connectivity index (χ1) is 11.6. The summed E-state index contributed by atoms with van der Waals surface area (Å²) in [5.74, 6) is -0.961. The first-order valence-corrected chi connectivity index (χ1v) is 8.59. The van der Waals surface area contributed by atoms with Crippen molar-refractivity contribution in [1.82, 2.24) is 10.3 Å². The van der Waals surface area contributed by atoms with Crippen LogP contribution in [-0.4, -0.2) is 23.3 Å². The van der Waals surface area contributed by atoms with Gasteiger partial charge in [0.05, 0.1) is 0 Å². The van der Waals surface area contributed by atoms with E-state index in [4.69, 9.17) is 0 Å². The van der Waals surface area contributed by atoms with Gasteiger partial charge in [0.15, 0.2) is 0 Å². The highest BCUT2D eigenvalue weighted by Crippen LogP contribution is 2.29. The van der Waals surface area contributed by atoms with Crippen LogP contribution in [0.15, 0.2) is 47.2 Å². The molecule has 1 saturated heterocycles. The minimum absolute atomic E-state index is 0.132. The Morgan fingerprint density at radius 3 is 2.79 bits per heavy atom. The monoisotopic (exact) mass is 387 g/mol. The lowest BCUT2D eigenvalue weighted by Gasteiger charge is -2.19. The number of hydrogen-bond donors (Lipinski definition) is 1. The van der Waals surface area contributed by atoms with Crippen molar-refractivity contribution in [3.63, 3.8) is 0 Å². The molecule has 0 radical (unpaired) electrons. The minimum Gasteiger partial charge on any atom is -0.351 e. The van der Waals surface area contributed by atoms with Crippen molar-refractivity contribution < 1.29 is 9.59 Å². The zero-order valence-corrected chi connectivity index (χ0v) is 14.9. The average Bonchev–Trinajstić information content (AvgIpc) is 2.95. The maximum Gasteiger partial charge on any atom is 0.239 e. The third-order valence-corrected chi connectivity index (χ3v) is 4.68. The molecule has 0 aliphatic carbocycles. The number of aryl methyl sites for hydroxylation is 1. The van der Waals surface area contributed by atoms with Gasteiger partial charge in [-0.2, -0.15) is 0 Å². The number of hydrogen-bond acceptors (Lipinski definition) is 3. The van der Waals surface area contributed by atoms with Crippen molar-refractivity contribution >= 4 is 33.4 Å². The standard InChI is InChI=1S/C18H18BrN3O2/c1-12-10-14(19)2-3-16(12)22-9-6-15(18(22)24)17(23)21-11-13-4-7-20-8-5-13/h2-5,7-8,10,15H,6,9,11H2,1H3,(H,21,23)/t15-/m0/s1. The van der Waals surface area contributed by atoms with Gasteiger partial charge in [-0.15, -0.1) is 0 Å². The Hall–Kier alpha value is -2.21. The summed E-state index contributed by atoms with van der Waals surface area (Å²) in [5, 5.41) is 2.85. The van der Waals surface area contributed by atoms with Gasteiger partial charge < -0.3 is 10.2 Å². The molecule has 0 unspecified atom stereocenters. The van der Waals surface area contributed by atoms with Crippen molar-refractivity contribution in [2.45, 2.75) is 19.9 Å². The Balaban J connectivity index is 1.66. The molecule has 1 fully saturated rings. The zero-order chi connectivity index (χ0) is 17.1. The fourth-order valence-corrected chi connectivity index (χ4v) is 3.37. The van der Waals surface area contributed by atoms with Crippen LogP contribution < -0.4 is 10.2 Å². The SMILES string of the molecule is Cc1cc(Br)ccc1N1CC[C@@H](C(=O)NCc2ccncc2)C1=O. The quantitative estimate of drug-likeness (QED) is 0.820.